The van der Waals surface area contributed by atoms with Gasteiger partial charge in [0.1, 0.15) is 5.82 Å². The molecular formula is C18H25N5O3. The van der Waals surface area contributed by atoms with E-state index in [0.717, 1.165) is 18.7 Å². The number of methoxy groups -OCH3 is 2. The van der Waals surface area contributed by atoms with E-state index in [9.17, 15) is 4.79 Å². The van der Waals surface area contributed by atoms with Crippen molar-refractivity contribution in [1.29, 1.82) is 0 Å². The number of anilines is 1. The van der Waals surface area contributed by atoms with Gasteiger partial charge in [0, 0.05) is 19.6 Å². The van der Waals surface area contributed by atoms with Crippen LogP contribution in [0.15, 0.2) is 30.3 Å². The molecule has 0 radical (unpaired) electrons. The SMILES string of the molecule is COc1ccc(CNC(=O)c2ccc(NCCN(C)C)nn2)cc1OC. The quantitative estimate of drug-likeness (QED) is 0.699. The van der Waals surface area contributed by atoms with Gasteiger partial charge in [0.05, 0.1) is 14.2 Å². The molecule has 0 aliphatic heterocycles. The van der Waals surface area contributed by atoms with Gasteiger partial charge in [-0.15, -0.1) is 10.2 Å². The molecule has 0 atom stereocenters. The molecule has 0 saturated heterocycles. The smallest absolute Gasteiger partial charge is 0.272 e. The van der Waals surface area contributed by atoms with E-state index in [1.54, 1.807) is 32.4 Å². The van der Waals surface area contributed by atoms with Gasteiger partial charge in [-0.1, -0.05) is 6.07 Å². The lowest BCUT2D eigenvalue weighted by Crippen LogP contribution is -2.24. The molecule has 0 bridgehead atoms. The Morgan fingerprint density at radius 2 is 1.85 bits per heavy atom. The van der Waals surface area contributed by atoms with Crippen molar-refractivity contribution in [1.82, 2.24) is 20.4 Å². The molecule has 1 aromatic carbocycles. The van der Waals surface area contributed by atoms with Crippen molar-refractivity contribution in [2.24, 2.45) is 0 Å². The standard InChI is InChI=1S/C18H25N5O3/c1-23(2)10-9-19-17-8-6-14(21-22-17)18(24)20-12-13-5-7-15(25-3)16(11-13)26-4/h5-8,11H,9-10,12H2,1-4H3,(H,19,22)(H,20,24). The second-order valence-corrected chi connectivity index (χ2v) is 5.91. The van der Waals surface area contributed by atoms with Crippen molar-refractivity contribution in [3.05, 3.63) is 41.6 Å². The third kappa shape index (κ3) is 5.59. The number of rotatable bonds is 9. The number of ether oxygens (including phenoxy) is 2. The summed E-state index contributed by atoms with van der Waals surface area (Å²) in [4.78, 5) is 14.3. The van der Waals surface area contributed by atoms with Gasteiger partial charge in [0.25, 0.3) is 5.91 Å². The Hall–Kier alpha value is -2.87. The van der Waals surface area contributed by atoms with Gasteiger partial charge in [0.2, 0.25) is 0 Å². The molecule has 2 N–H and O–H groups in total. The Kier molecular flexibility index (Phi) is 7.16. The molecule has 8 heteroatoms. The molecule has 8 nitrogen and oxygen atoms in total. The number of nitrogens with one attached hydrogen (secondary N) is 2. The van der Waals surface area contributed by atoms with Crippen LogP contribution in [-0.4, -0.2) is 62.4 Å². The summed E-state index contributed by atoms with van der Waals surface area (Å²) in [6, 6.07) is 8.88. The summed E-state index contributed by atoms with van der Waals surface area (Å²) in [6.07, 6.45) is 0. The van der Waals surface area contributed by atoms with Gasteiger partial charge >= 0.3 is 0 Å². The maximum atomic E-state index is 12.2. The summed E-state index contributed by atoms with van der Waals surface area (Å²) in [7, 11) is 7.15. The van der Waals surface area contributed by atoms with Gasteiger partial charge in [-0.3, -0.25) is 4.79 Å². The molecule has 0 saturated carbocycles. The molecular weight excluding hydrogens is 334 g/mol. The lowest BCUT2D eigenvalue weighted by atomic mass is 10.2. The van der Waals surface area contributed by atoms with Crippen molar-refractivity contribution < 1.29 is 14.3 Å². The monoisotopic (exact) mass is 359 g/mol. The second kappa shape index (κ2) is 9.57. The fraction of sp³-hybridized carbons (Fsp3) is 0.389. The van der Waals surface area contributed by atoms with Crippen LogP contribution in [0.4, 0.5) is 5.82 Å². The topological polar surface area (TPSA) is 88.6 Å². The van der Waals surface area contributed by atoms with Crippen LogP contribution in [0.1, 0.15) is 16.1 Å². The van der Waals surface area contributed by atoms with Crippen LogP contribution in [0.3, 0.4) is 0 Å². The van der Waals surface area contributed by atoms with Gasteiger partial charge < -0.3 is 25.0 Å². The van der Waals surface area contributed by atoms with Crippen molar-refractivity contribution in [3.8, 4) is 11.5 Å². The van der Waals surface area contributed by atoms with Crippen molar-refractivity contribution in [3.63, 3.8) is 0 Å². The first kappa shape index (κ1) is 19.5. The van der Waals surface area contributed by atoms with Gasteiger partial charge in [-0.2, -0.15) is 0 Å². The second-order valence-electron chi connectivity index (χ2n) is 5.91. The number of hydrogen-bond acceptors (Lipinski definition) is 7. The van der Waals surface area contributed by atoms with E-state index in [2.05, 4.69) is 25.7 Å². The minimum Gasteiger partial charge on any atom is -0.493 e. The summed E-state index contributed by atoms with van der Waals surface area (Å²) in [5.74, 6) is 1.62. The molecule has 1 heterocycles. The zero-order chi connectivity index (χ0) is 18.9. The molecule has 0 aliphatic rings. The number of benzene rings is 1. The van der Waals surface area contributed by atoms with Crippen LogP contribution in [-0.2, 0) is 6.54 Å². The highest BCUT2D eigenvalue weighted by Gasteiger charge is 2.09. The lowest BCUT2D eigenvalue weighted by molar-refractivity contribution is 0.0945. The minimum absolute atomic E-state index is 0.267. The number of hydrogen-bond donors (Lipinski definition) is 2. The van der Waals surface area contributed by atoms with Crippen molar-refractivity contribution in [2.75, 3.05) is 46.7 Å². The van der Waals surface area contributed by atoms with E-state index >= 15 is 0 Å². The number of amides is 1. The number of aromatic nitrogens is 2. The first-order chi connectivity index (χ1) is 12.5. The minimum atomic E-state index is -0.285. The van der Waals surface area contributed by atoms with Crippen LogP contribution in [0.5, 0.6) is 11.5 Å². The Balaban J connectivity index is 1.89. The molecule has 140 valence electrons. The molecule has 26 heavy (non-hydrogen) atoms. The maximum Gasteiger partial charge on any atom is 0.272 e. The summed E-state index contributed by atoms with van der Waals surface area (Å²) >= 11 is 0. The maximum absolute atomic E-state index is 12.2. The number of carbonyl (C=O) groups excluding carboxylic acids is 1. The fourth-order valence-corrected chi connectivity index (χ4v) is 2.22. The average Bonchev–Trinajstić information content (AvgIpc) is 2.66. The van der Waals surface area contributed by atoms with E-state index < -0.39 is 0 Å². The highest BCUT2D eigenvalue weighted by Crippen LogP contribution is 2.27. The summed E-state index contributed by atoms with van der Waals surface area (Å²) in [5, 5.41) is 14.0. The Bertz CT molecular complexity index is 719. The van der Waals surface area contributed by atoms with Crippen LogP contribution < -0.4 is 20.1 Å². The van der Waals surface area contributed by atoms with Crippen LogP contribution >= 0.6 is 0 Å². The normalized spacial score (nSPS) is 10.5. The van der Waals surface area contributed by atoms with E-state index in [4.69, 9.17) is 9.47 Å². The molecule has 0 unspecified atom stereocenters. The van der Waals surface area contributed by atoms with E-state index in [1.807, 2.05) is 26.2 Å². The molecule has 1 aromatic heterocycles. The number of likely N-dealkylation sites (N-methyl/N-ethyl adjacent to an activating group) is 1. The molecule has 0 spiro atoms. The lowest BCUT2D eigenvalue weighted by Gasteiger charge is -2.11. The zero-order valence-corrected chi connectivity index (χ0v) is 15.6. The third-order valence-electron chi connectivity index (χ3n) is 3.66. The Morgan fingerprint density at radius 1 is 1.08 bits per heavy atom. The largest absolute Gasteiger partial charge is 0.493 e. The molecule has 2 aromatic rings. The molecule has 2 rings (SSSR count). The summed E-state index contributed by atoms with van der Waals surface area (Å²) in [6.45, 7) is 1.99. The fourth-order valence-electron chi connectivity index (χ4n) is 2.22. The Labute approximate surface area is 153 Å². The highest BCUT2D eigenvalue weighted by molar-refractivity contribution is 5.92. The third-order valence-corrected chi connectivity index (χ3v) is 3.66. The summed E-state index contributed by atoms with van der Waals surface area (Å²) in [5.41, 5.74) is 1.16. The van der Waals surface area contributed by atoms with Gasteiger partial charge in [-0.25, -0.2) is 0 Å². The van der Waals surface area contributed by atoms with Gasteiger partial charge in [-0.05, 0) is 43.9 Å². The van der Waals surface area contributed by atoms with E-state index in [1.165, 1.54) is 0 Å². The van der Waals surface area contributed by atoms with Crippen molar-refractivity contribution >= 4 is 11.7 Å². The van der Waals surface area contributed by atoms with E-state index in [0.29, 0.717) is 23.9 Å². The first-order valence-corrected chi connectivity index (χ1v) is 8.25. The highest BCUT2D eigenvalue weighted by atomic mass is 16.5. The summed E-state index contributed by atoms with van der Waals surface area (Å²) < 4.78 is 10.5. The van der Waals surface area contributed by atoms with E-state index in [-0.39, 0.29) is 11.6 Å². The van der Waals surface area contributed by atoms with Gasteiger partial charge in [0.15, 0.2) is 17.2 Å². The average molecular weight is 359 g/mol. The zero-order valence-electron chi connectivity index (χ0n) is 15.6. The predicted molar refractivity (Wildman–Crippen MR) is 99.8 cm³/mol. The van der Waals surface area contributed by atoms with Crippen LogP contribution in [0, 0.1) is 0 Å². The van der Waals surface area contributed by atoms with Crippen molar-refractivity contribution in [2.45, 2.75) is 6.54 Å². The van der Waals surface area contributed by atoms with Crippen LogP contribution in [0.2, 0.25) is 0 Å². The predicted octanol–water partition coefficient (Wildman–Crippen LogP) is 1.40. The molecule has 0 fully saturated rings. The van der Waals surface area contributed by atoms with Crippen LogP contribution in [0.25, 0.3) is 0 Å². The molecule has 0 aliphatic carbocycles. The first-order valence-electron chi connectivity index (χ1n) is 8.25. The Morgan fingerprint density at radius 3 is 2.46 bits per heavy atom. The molecule has 1 amide bonds. The number of nitrogens with zero attached hydrogens (tertiary/aromatic N) is 3. The number of carbonyl (C=O) groups is 1.